The maximum Gasteiger partial charge on any atom is 0.416 e. The Morgan fingerprint density at radius 1 is 1.04 bits per heavy atom. The van der Waals surface area contributed by atoms with Crippen LogP contribution >= 0.6 is 0 Å². The lowest BCUT2D eigenvalue weighted by Crippen LogP contribution is -2.15. The molecule has 1 aromatic heterocycles. The lowest BCUT2D eigenvalue weighted by atomic mass is 10.1. The van der Waals surface area contributed by atoms with E-state index in [1.165, 1.54) is 16.8 Å². The van der Waals surface area contributed by atoms with Crippen LogP contribution in [0, 0.1) is 20.8 Å². The Bertz CT molecular complexity index is 1010. The minimum Gasteiger partial charge on any atom is -0.321 e. The van der Waals surface area contributed by atoms with Gasteiger partial charge in [-0.1, -0.05) is 17.3 Å². The van der Waals surface area contributed by atoms with Gasteiger partial charge in [-0.3, -0.25) is 4.79 Å². The topological polar surface area (TPSA) is 59.8 Å². The van der Waals surface area contributed by atoms with Crippen molar-refractivity contribution in [3.8, 4) is 5.69 Å². The number of benzene rings is 2. The third kappa shape index (κ3) is 3.84. The first kappa shape index (κ1) is 18.6. The number of carbonyl (C=O) groups excluding carboxylic acids is 1. The standard InChI is InChI=1S/C19H17F3N4O/c1-11-7-8-16(9-12(11)2)26-13(3)17(24-25-26)18(27)23-15-6-4-5-14(10-15)19(20,21)22/h4-10H,1-3H3,(H,23,27). The van der Waals surface area contributed by atoms with Gasteiger partial charge in [-0.25, -0.2) is 4.68 Å². The van der Waals surface area contributed by atoms with Gasteiger partial charge in [0.05, 0.1) is 16.9 Å². The highest BCUT2D eigenvalue weighted by molar-refractivity contribution is 6.03. The van der Waals surface area contributed by atoms with Crippen molar-refractivity contribution in [2.24, 2.45) is 0 Å². The summed E-state index contributed by atoms with van der Waals surface area (Å²) in [5, 5.41) is 10.3. The van der Waals surface area contributed by atoms with Crippen LogP contribution in [0.5, 0.6) is 0 Å². The van der Waals surface area contributed by atoms with Gasteiger partial charge in [-0.05, 0) is 62.2 Å². The Hall–Kier alpha value is -3.16. The highest BCUT2D eigenvalue weighted by Gasteiger charge is 2.30. The molecule has 0 fully saturated rings. The number of hydrogen-bond donors (Lipinski definition) is 1. The molecule has 2 aromatic carbocycles. The van der Waals surface area contributed by atoms with Crippen LogP contribution in [-0.2, 0) is 6.18 Å². The molecule has 3 rings (SSSR count). The monoisotopic (exact) mass is 374 g/mol. The summed E-state index contributed by atoms with van der Waals surface area (Å²) in [6, 6.07) is 10.2. The zero-order valence-corrected chi connectivity index (χ0v) is 14.9. The summed E-state index contributed by atoms with van der Waals surface area (Å²) in [6.07, 6.45) is -4.48. The number of nitrogens with one attached hydrogen (secondary N) is 1. The Labute approximate surface area is 153 Å². The number of halogens is 3. The zero-order valence-electron chi connectivity index (χ0n) is 14.9. The first-order chi connectivity index (χ1) is 12.7. The van der Waals surface area contributed by atoms with Crippen LogP contribution < -0.4 is 5.32 Å². The van der Waals surface area contributed by atoms with E-state index in [2.05, 4.69) is 15.6 Å². The number of alkyl halides is 3. The van der Waals surface area contributed by atoms with Crippen molar-refractivity contribution in [2.45, 2.75) is 26.9 Å². The molecule has 1 heterocycles. The van der Waals surface area contributed by atoms with Gasteiger partial charge in [0, 0.05) is 5.69 Å². The average Bonchev–Trinajstić information content (AvgIpc) is 2.98. The molecule has 0 saturated carbocycles. The van der Waals surface area contributed by atoms with Crippen molar-refractivity contribution in [1.82, 2.24) is 15.0 Å². The van der Waals surface area contributed by atoms with Gasteiger partial charge in [-0.15, -0.1) is 5.10 Å². The molecule has 0 saturated heterocycles. The third-order valence-electron chi connectivity index (χ3n) is 4.29. The van der Waals surface area contributed by atoms with Crippen LogP contribution in [0.1, 0.15) is 32.9 Å². The number of anilines is 1. The number of hydrogen-bond acceptors (Lipinski definition) is 3. The fraction of sp³-hybridized carbons (Fsp3) is 0.211. The smallest absolute Gasteiger partial charge is 0.321 e. The highest BCUT2D eigenvalue weighted by atomic mass is 19.4. The Morgan fingerprint density at radius 3 is 2.44 bits per heavy atom. The van der Waals surface area contributed by atoms with Gasteiger partial charge in [0.1, 0.15) is 0 Å². The molecule has 0 spiro atoms. The van der Waals surface area contributed by atoms with Gasteiger partial charge < -0.3 is 5.32 Å². The molecule has 0 unspecified atom stereocenters. The van der Waals surface area contributed by atoms with Crippen LogP contribution in [-0.4, -0.2) is 20.9 Å². The SMILES string of the molecule is Cc1ccc(-n2nnc(C(=O)Nc3cccc(C(F)(F)F)c3)c2C)cc1C. The molecule has 5 nitrogen and oxygen atoms in total. The molecular weight excluding hydrogens is 357 g/mol. The summed E-state index contributed by atoms with van der Waals surface area (Å²) < 4.78 is 39.9. The average molecular weight is 374 g/mol. The summed E-state index contributed by atoms with van der Waals surface area (Å²) in [5.74, 6) is -0.623. The molecule has 27 heavy (non-hydrogen) atoms. The lowest BCUT2D eigenvalue weighted by Gasteiger charge is -2.09. The molecule has 1 N–H and O–H groups in total. The maximum atomic E-state index is 12.8. The zero-order chi connectivity index (χ0) is 19.8. The predicted octanol–water partition coefficient (Wildman–Crippen LogP) is 4.46. The van der Waals surface area contributed by atoms with Crippen molar-refractivity contribution in [3.63, 3.8) is 0 Å². The van der Waals surface area contributed by atoms with Crippen LogP contribution in [0.3, 0.4) is 0 Å². The fourth-order valence-corrected chi connectivity index (χ4v) is 2.61. The fourth-order valence-electron chi connectivity index (χ4n) is 2.61. The van der Waals surface area contributed by atoms with Crippen LogP contribution in [0.25, 0.3) is 5.69 Å². The molecule has 0 bridgehead atoms. The van der Waals surface area contributed by atoms with E-state index in [1.807, 2.05) is 32.0 Å². The second-order valence-electron chi connectivity index (χ2n) is 6.24. The van der Waals surface area contributed by atoms with E-state index in [0.29, 0.717) is 5.69 Å². The van der Waals surface area contributed by atoms with E-state index in [1.54, 1.807) is 6.92 Å². The largest absolute Gasteiger partial charge is 0.416 e. The van der Waals surface area contributed by atoms with Gasteiger partial charge in [0.2, 0.25) is 0 Å². The van der Waals surface area contributed by atoms with Gasteiger partial charge >= 0.3 is 6.18 Å². The summed E-state index contributed by atoms with van der Waals surface area (Å²) in [6.45, 7) is 5.63. The number of carbonyl (C=O) groups is 1. The van der Waals surface area contributed by atoms with E-state index < -0.39 is 17.6 Å². The number of aromatic nitrogens is 3. The number of amides is 1. The van der Waals surface area contributed by atoms with Crippen LogP contribution in [0.2, 0.25) is 0 Å². The van der Waals surface area contributed by atoms with E-state index in [4.69, 9.17) is 0 Å². The van der Waals surface area contributed by atoms with Crippen molar-refractivity contribution in [3.05, 3.63) is 70.5 Å². The first-order valence-electron chi connectivity index (χ1n) is 8.15. The van der Waals surface area contributed by atoms with Crippen molar-refractivity contribution in [2.75, 3.05) is 5.32 Å². The number of rotatable bonds is 3. The maximum absolute atomic E-state index is 12.8. The Balaban J connectivity index is 1.86. The number of aryl methyl sites for hydroxylation is 2. The quantitative estimate of drug-likeness (QED) is 0.736. The second kappa shape index (κ2) is 6.86. The minimum absolute atomic E-state index is 0.0370. The third-order valence-corrected chi connectivity index (χ3v) is 4.29. The Morgan fingerprint density at radius 2 is 1.78 bits per heavy atom. The van der Waals surface area contributed by atoms with Gasteiger partial charge in [0.15, 0.2) is 5.69 Å². The molecule has 0 aliphatic heterocycles. The summed E-state index contributed by atoms with van der Waals surface area (Å²) in [4.78, 5) is 12.5. The van der Waals surface area contributed by atoms with Crippen LogP contribution in [0.15, 0.2) is 42.5 Å². The Kier molecular flexibility index (Phi) is 4.73. The molecule has 0 atom stereocenters. The molecule has 0 aliphatic carbocycles. The summed E-state index contributed by atoms with van der Waals surface area (Å²) in [7, 11) is 0. The van der Waals surface area contributed by atoms with Crippen LogP contribution in [0.4, 0.5) is 18.9 Å². The van der Waals surface area contributed by atoms with E-state index in [9.17, 15) is 18.0 Å². The van der Waals surface area contributed by atoms with Crippen molar-refractivity contribution >= 4 is 11.6 Å². The molecule has 0 radical (unpaired) electrons. The molecule has 1 amide bonds. The molecule has 0 aliphatic rings. The summed E-state index contributed by atoms with van der Waals surface area (Å²) in [5.41, 5.74) is 2.68. The summed E-state index contributed by atoms with van der Waals surface area (Å²) >= 11 is 0. The van der Waals surface area contributed by atoms with Crippen molar-refractivity contribution < 1.29 is 18.0 Å². The molecule has 8 heteroatoms. The minimum atomic E-state index is -4.48. The lowest BCUT2D eigenvalue weighted by molar-refractivity contribution is -0.137. The predicted molar refractivity (Wildman–Crippen MR) is 95.0 cm³/mol. The van der Waals surface area contributed by atoms with Gasteiger partial charge in [0.25, 0.3) is 5.91 Å². The molecule has 3 aromatic rings. The number of nitrogens with zero attached hydrogens (tertiary/aromatic N) is 3. The highest BCUT2D eigenvalue weighted by Crippen LogP contribution is 2.30. The molecule has 140 valence electrons. The first-order valence-corrected chi connectivity index (χ1v) is 8.15. The van der Waals surface area contributed by atoms with Gasteiger partial charge in [-0.2, -0.15) is 13.2 Å². The normalized spacial score (nSPS) is 11.5. The van der Waals surface area contributed by atoms with Crippen molar-refractivity contribution in [1.29, 1.82) is 0 Å². The van der Waals surface area contributed by atoms with E-state index in [0.717, 1.165) is 28.9 Å². The van der Waals surface area contributed by atoms with E-state index >= 15 is 0 Å². The van der Waals surface area contributed by atoms with E-state index in [-0.39, 0.29) is 11.4 Å². The molecular formula is C19H17F3N4O. The second-order valence-corrected chi connectivity index (χ2v) is 6.24.